The molecule has 8 nitrogen and oxygen atoms in total. The molecule has 2 N–H and O–H groups in total. The molecule has 3 aromatic rings. The number of anilines is 1. The highest BCUT2D eigenvalue weighted by Crippen LogP contribution is 2.27. The Hall–Kier alpha value is -2.78. The van der Waals surface area contributed by atoms with Gasteiger partial charge < -0.3 is 10.6 Å². The maximum Gasteiger partial charge on any atom is 0.319 e. The molecule has 2 amide bonds. The van der Waals surface area contributed by atoms with Crippen molar-refractivity contribution in [3.63, 3.8) is 0 Å². The molecule has 140 valence electrons. The van der Waals surface area contributed by atoms with Crippen LogP contribution in [0.3, 0.4) is 0 Å². The number of hydrogen-bond acceptors (Lipinski definition) is 6. The third kappa shape index (κ3) is 4.32. The molecule has 1 aliphatic rings. The number of rotatable bonds is 6. The van der Waals surface area contributed by atoms with Crippen molar-refractivity contribution >= 4 is 23.1 Å². The van der Waals surface area contributed by atoms with E-state index in [1.807, 2.05) is 0 Å². The number of carbonyl (C=O) groups is 1. The number of hydrogen-bond donors (Lipinski definition) is 2. The first-order chi connectivity index (χ1) is 13.3. The second kappa shape index (κ2) is 8.28. The van der Waals surface area contributed by atoms with Gasteiger partial charge in [0.1, 0.15) is 12.7 Å². The summed E-state index contributed by atoms with van der Waals surface area (Å²) in [5.74, 6) is 0.644. The molecule has 1 atom stereocenters. The van der Waals surface area contributed by atoms with Gasteiger partial charge >= 0.3 is 6.03 Å². The Morgan fingerprint density at radius 2 is 2.15 bits per heavy atom. The second-order valence-electron chi connectivity index (χ2n) is 6.35. The van der Waals surface area contributed by atoms with Crippen LogP contribution in [0.15, 0.2) is 48.5 Å². The lowest BCUT2D eigenvalue weighted by molar-refractivity contribution is 0.229. The van der Waals surface area contributed by atoms with E-state index in [2.05, 4.69) is 48.1 Å². The molecule has 9 heteroatoms. The summed E-state index contributed by atoms with van der Waals surface area (Å²) in [7, 11) is 0. The molecule has 0 bridgehead atoms. The maximum absolute atomic E-state index is 12.3. The van der Waals surface area contributed by atoms with Gasteiger partial charge in [0.25, 0.3) is 0 Å². The van der Waals surface area contributed by atoms with Crippen LogP contribution in [-0.4, -0.2) is 50.3 Å². The van der Waals surface area contributed by atoms with E-state index < -0.39 is 0 Å². The summed E-state index contributed by atoms with van der Waals surface area (Å²) in [6.45, 7) is 2.75. The first-order valence-electron chi connectivity index (χ1n) is 8.93. The lowest BCUT2D eigenvalue weighted by Gasteiger charge is -2.26. The van der Waals surface area contributed by atoms with E-state index in [4.69, 9.17) is 0 Å². The number of nitrogens with zero attached hydrogens (tertiary/aromatic N) is 5. The zero-order chi connectivity index (χ0) is 18.5. The fourth-order valence-electron chi connectivity index (χ4n) is 3.23. The Morgan fingerprint density at radius 1 is 1.26 bits per heavy atom. The SMILES string of the molecule is O=C(NC[C@@H](c1cccs1)N1CCCC1)Nc1ccc(-n2cncn2)nc1. The van der Waals surface area contributed by atoms with Gasteiger partial charge in [-0.3, -0.25) is 4.90 Å². The van der Waals surface area contributed by atoms with Gasteiger partial charge in [-0.1, -0.05) is 6.07 Å². The molecule has 0 radical (unpaired) electrons. The van der Waals surface area contributed by atoms with Crippen LogP contribution in [0.5, 0.6) is 0 Å². The number of urea groups is 1. The third-order valence-electron chi connectivity index (χ3n) is 4.57. The minimum atomic E-state index is -0.231. The molecule has 3 aromatic heterocycles. The smallest absolute Gasteiger partial charge is 0.319 e. The molecule has 4 rings (SSSR count). The van der Waals surface area contributed by atoms with Crippen LogP contribution >= 0.6 is 11.3 Å². The third-order valence-corrected chi connectivity index (χ3v) is 5.54. The molecular weight excluding hydrogens is 362 g/mol. The predicted octanol–water partition coefficient (Wildman–Crippen LogP) is 2.68. The highest BCUT2D eigenvalue weighted by atomic mass is 32.1. The van der Waals surface area contributed by atoms with Gasteiger partial charge in [-0.05, 0) is 49.5 Å². The van der Waals surface area contributed by atoms with Crippen molar-refractivity contribution < 1.29 is 4.79 Å². The summed E-state index contributed by atoms with van der Waals surface area (Å²) in [6, 6.07) is 7.77. The summed E-state index contributed by atoms with van der Waals surface area (Å²) in [4.78, 5) is 24.2. The predicted molar refractivity (Wildman–Crippen MR) is 104 cm³/mol. The van der Waals surface area contributed by atoms with Crippen LogP contribution in [0.1, 0.15) is 23.8 Å². The van der Waals surface area contributed by atoms with Crippen LogP contribution < -0.4 is 10.6 Å². The van der Waals surface area contributed by atoms with Gasteiger partial charge in [0, 0.05) is 11.4 Å². The van der Waals surface area contributed by atoms with Crippen molar-refractivity contribution in [2.75, 3.05) is 25.0 Å². The van der Waals surface area contributed by atoms with Crippen LogP contribution in [0.4, 0.5) is 10.5 Å². The van der Waals surface area contributed by atoms with Gasteiger partial charge in [-0.25, -0.2) is 19.4 Å². The van der Waals surface area contributed by atoms with Crippen molar-refractivity contribution in [1.82, 2.24) is 30.0 Å². The number of nitrogens with one attached hydrogen (secondary N) is 2. The summed E-state index contributed by atoms with van der Waals surface area (Å²) in [6.07, 6.45) is 7.07. The van der Waals surface area contributed by atoms with E-state index in [9.17, 15) is 4.79 Å². The summed E-state index contributed by atoms with van der Waals surface area (Å²) < 4.78 is 1.56. The zero-order valence-electron chi connectivity index (χ0n) is 14.8. The van der Waals surface area contributed by atoms with Gasteiger partial charge in [-0.15, -0.1) is 11.3 Å². The van der Waals surface area contributed by atoms with E-state index in [0.717, 1.165) is 13.1 Å². The van der Waals surface area contributed by atoms with Gasteiger partial charge in [0.05, 0.1) is 17.9 Å². The molecule has 1 saturated heterocycles. The molecule has 4 heterocycles. The summed E-state index contributed by atoms with van der Waals surface area (Å²) >= 11 is 1.74. The highest BCUT2D eigenvalue weighted by Gasteiger charge is 2.24. The monoisotopic (exact) mass is 383 g/mol. The van der Waals surface area contributed by atoms with Crippen molar-refractivity contribution in [2.45, 2.75) is 18.9 Å². The number of thiophene rings is 1. The average Bonchev–Trinajstić information content (AvgIpc) is 3.45. The number of carbonyl (C=O) groups excluding carboxylic acids is 1. The maximum atomic E-state index is 12.3. The standard InChI is InChI=1S/C18H21N7OS/c26-18(23-14-5-6-17(20-10-14)25-13-19-12-22-25)21-11-15(16-4-3-9-27-16)24-7-1-2-8-24/h3-6,9-10,12-13,15H,1-2,7-8,11H2,(H2,21,23,26)/t15-/m0/s1. The number of aromatic nitrogens is 4. The van der Waals surface area contributed by atoms with Crippen molar-refractivity contribution in [3.05, 3.63) is 53.4 Å². The first-order valence-corrected chi connectivity index (χ1v) is 9.81. The largest absolute Gasteiger partial charge is 0.336 e. The van der Waals surface area contributed by atoms with Crippen LogP contribution in [-0.2, 0) is 0 Å². The Morgan fingerprint density at radius 3 is 2.81 bits per heavy atom. The molecule has 27 heavy (non-hydrogen) atoms. The van der Waals surface area contributed by atoms with E-state index in [0.29, 0.717) is 18.1 Å². The van der Waals surface area contributed by atoms with Crippen LogP contribution in [0, 0.1) is 0 Å². The van der Waals surface area contributed by atoms with Gasteiger partial charge in [0.15, 0.2) is 5.82 Å². The van der Waals surface area contributed by atoms with E-state index in [1.54, 1.807) is 40.7 Å². The lowest BCUT2D eigenvalue weighted by atomic mass is 10.2. The molecule has 1 fully saturated rings. The summed E-state index contributed by atoms with van der Waals surface area (Å²) in [5, 5.41) is 11.9. The molecule has 0 spiro atoms. The first kappa shape index (κ1) is 17.6. The molecule has 0 aliphatic carbocycles. The number of amides is 2. The summed E-state index contributed by atoms with van der Waals surface area (Å²) in [5.41, 5.74) is 0.630. The number of likely N-dealkylation sites (tertiary alicyclic amines) is 1. The Kier molecular flexibility index (Phi) is 5.40. The van der Waals surface area contributed by atoms with Crippen LogP contribution in [0.2, 0.25) is 0 Å². The molecule has 0 aromatic carbocycles. The van der Waals surface area contributed by atoms with E-state index in [-0.39, 0.29) is 12.1 Å². The highest BCUT2D eigenvalue weighted by molar-refractivity contribution is 7.10. The molecule has 1 aliphatic heterocycles. The second-order valence-corrected chi connectivity index (χ2v) is 7.33. The fraction of sp³-hybridized carbons (Fsp3) is 0.333. The Labute approximate surface area is 161 Å². The van der Waals surface area contributed by atoms with Gasteiger partial charge in [-0.2, -0.15) is 5.10 Å². The van der Waals surface area contributed by atoms with Crippen molar-refractivity contribution in [3.8, 4) is 5.82 Å². The van der Waals surface area contributed by atoms with Crippen molar-refractivity contribution in [2.24, 2.45) is 0 Å². The zero-order valence-corrected chi connectivity index (χ0v) is 15.6. The number of pyridine rings is 1. The van der Waals surface area contributed by atoms with Gasteiger partial charge in [0.2, 0.25) is 0 Å². The minimum absolute atomic E-state index is 0.228. The fourth-order valence-corrected chi connectivity index (χ4v) is 4.09. The topological polar surface area (TPSA) is 88.0 Å². The Bertz CT molecular complexity index is 842. The Balaban J connectivity index is 1.34. The lowest BCUT2D eigenvalue weighted by Crippen LogP contribution is -2.38. The molecule has 0 unspecified atom stereocenters. The average molecular weight is 383 g/mol. The van der Waals surface area contributed by atoms with Crippen LogP contribution in [0.25, 0.3) is 5.82 Å². The minimum Gasteiger partial charge on any atom is -0.336 e. The molecule has 0 saturated carbocycles. The van der Waals surface area contributed by atoms with E-state index in [1.165, 1.54) is 24.0 Å². The van der Waals surface area contributed by atoms with E-state index >= 15 is 0 Å². The molecular formula is C18H21N7OS. The quantitative estimate of drug-likeness (QED) is 0.683. The van der Waals surface area contributed by atoms with Crippen molar-refractivity contribution in [1.29, 1.82) is 0 Å². The normalized spacial score (nSPS) is 15.6.